The van der Waals surface area contributed by atoms with Gasteiger partial charge in [0.05, 0.1) is 11.0 Å². The van der Waals surface area contributed by atoms with Gasteiger partial charge in [-0.05, 0) is 57.1 Å². The van der Waals surface area contributed by atoms with Crippen LogP contribution in [0.15, 0.2) is 12.1 Å². The number of benzene rings is 1. The van der Waals surface area contributed by atoms with E-state index in [-0.39, 0.29) is 6.03 Å². The molecule has 2 amide bonds. The number of likely N-dealkylation sites (N-methyl/N-ethyl adjacent to an activating group) is 1. The first-order chi connectivity index (χ1) is 11.5. The molecule has 130 valence electrons. The molecule has 0 saturated carbocycles. The second-order valence-electron chi connectivity index (χ2n) is 6.76. The molecule has 0 bridgehead atoms. The number of urea groups is 1. The van der Waals surface area contributed by atoms with Crippen molar-refractivity contribution in [3.63, 3.8) is 0 Å². The molecule has 1 saturated heterocycles. The summed E-state index contributed by atoms with van der Waals surface area (Å²) in [6, 6.07) is 4.28. The summed E-state index contributed by atoms with van der Waals surface area (Å²) in [5.41, 5.74) is 4.57. The monoisotopic (exact) mass is 329 g/mol. The van der Waals surface area contributed by atoms with Crippen molar-refractivity contribution in [1.82, 2.24) is 25.1 Å². The first-order valence-corrected chi connectivity index (χ1v) is 8.70. The van der Waals surface area contributed by atoms with Gasteiger partial charge < -0.3 is 20.1 Å². The van der Waals surface area contributed by atoms with Gasteiger partial charge in [0.25, 0.3) is 0 Å². The largest absolute Gasteiger partial charge is 0.342 e. The number of amides is 2. The molecule has 2 N–H and O–H groups in total. The Labute approximate surface area is 143 Å². The number of hydrogen-bond acceptors (Lipinski definition) is 3. The minimum atomic E-state index is 0.0353. The Hall–Kier alpha value is -2.08. The van der Waals surface area contributed by atoms with E-state index < -0.39 is 0 Å². The third-order valence-corrected chi connectivity index (χ3v) is 4.79. The summed E-state index contributed by atoms with van der Waals surface area (Å²) in [6.45, 7) is 8.43. The van der Waals surface area contributed by atoms with Crippen LogP contribution in [0.1, 0.15) is 23.4 Å². The number of carbonyl (C=O) groups is 1. The number of aromatic nitrogens is 2. The maximum Gasteiger partial charge on any atom is 0.317 e. The summed E-state index contributed by atoms with van der Waals surface area (Å²) >= 11 is 0. The average molecular weight is 329 g/mol. The summed E-state index contributed by atoms with van der Waals surface area (Å²) in [6.07, 6.45) is 1.75. The summed E-state index contributed by atoms with van der Waals surface area (Å²) in [7, 11) is 2.10. The Bertz CT molecular complexity index is 685. The lowest BCUT2D eigenvalue weighted by molar-refractivity contribution is 0.199. The highest BCUT2D eigenvalue weighted by Crippen LogP contribution is 2.17. The number of fused-ring (bicyclic) bond motifs is 1. The lowest BCUT2D eigenvalue weighted by atomic mass is 10.1. The first-order valence-electron chi connectivity index (χ1n) is 8.70. The Morgan fingerprint density at radius 3 is 2.83 bits per heavy atom. The molecule has 6 heteroatoms. The number of nitrogens with one attached hydrogen (secondary N) is 2. The molecular formula is C18H27N5O. The third kappa shape index (κ3) is 3.87. The summed E-state index contributed by atoms with van der Waals surface area (Å²) in [4.78, 5) is 24.4. The van der Waals surface area contributed by atoms with Crippen LogP contribution >= 0.6 is 0 Å². The van der Waals surface area contributed by atoms with E-state index in [4.69, 9.17) is 0 Å². The lowest BCUT2D eigenvalue weighted by Crippen LogP contribution is -2.42. The fourth-order valence-electron chi connectivity index (χ4n) is 3.09. The van der Waals surface area contributed by atoms with E-state index in [2.05, 4.69) is 53.2 Å². The molecule has 2 heterocycles. The lowest BCUT2D eigenvalue weighted by Gasteiger charge is -2.20. The van der Waals surface area contributed by atoms with Gasteiger partial charge in [0, 0.05) is 32.6 Å². The van der Waals surface area contributed by atoms with Crippen LogP contribution in [0.2, 0.25) is 0 Å². The molecule has 3 rings (SSSR count). The van der Waals surface area contributed by atoms with Gasteiger partial charge in [-0.15, -0.1) is 0 Å². The third-order valence-electron chi connectivity index (χ3n) is 4.79. The maximum atomic E-state index is 12.3. The number of rotatable bonds is 3. The van der Waals surface area contributed by atoms with Crippen molar-refractivity contribution in [3.05, 3.63) is 29.1 Å². The highest BCUT2D eigenvalue weighted by atomic mass is 16.2. The minimum absolute atomic E-state index is 0.0353. The zero-order valence-electron chi connectivity index (χ0n) is 14.9. The van der Waals surface area contributed by atoms with Crippen LogP contribution in [0.5, 0.6) is 0 Å². The molecular weight excluding hydrogens is 302 g/mol. The van der Waals surface area contributed by atoms with Crippen LogP contribution in [-0.2, 0) is 6.42 Å². The highest BCUT2D eigenvalue weighted by Gasteiger charge is 2.16. The summed E-state index contributed by atoms with van der Waals surface area (Å²) < 4.78 is 0. The van der Waals surface area contributed by atoms with Crippen LogP contribution in [0.25, 0.3) is 11.0 Å². The van der Waals surface area contributed by atoms with Crippen molar-refractivity contribution in [3.8, 4) is 0 Å². The number of imidazole rings is 1. The number of carbonyl (C=O) groups excluding carboxylic acids is 1. The van der Waals surface area contributed by atoms with Crippen molar-refractivity contribution >= 4 is 17.1 Å². The fourth-order valence-corrected chi connectivity index (χ4v) is 3.09. The number of nitrogens with zero attached hydrogens (tertiary/aromatic N) is 3. The number of aromatic amines is 1. The Kier molecular flexibility index (Phi) is 5.04. The predicted molar refractivity (Wildman–Crippen MR) is 96.4 cm³/mol. The molecule has 1 aliphatic heterocycles. The second-order valence-corrected chi connectivity index (χ2v) is 6.76. The van der Waals surface area contributed by atoms with Crippen molar-refractivity contribution < 1.29 is 4.79 Å². The molecule has 0 atom stereocenters. The van der Waals surface area contributed by atoms with E-state index in [0.717, 1.165) is 49.5 Å². The molecule has 1 aromatic heterocycles. The first kappa shape index (κ1) is 16.8. The van der Waals surface area contributed by atoms with Crippen molar-refractivity contribution in [2.24, 2.45) is 0 Å². The standard InChI is InChI=1S/C18H27N5O/c1-13-11-15-16(12-14(13)2)21-17(20-15)5-6-19-18(24)23-8-4-7-22(3)9-10-23/h11-12H,4-10H2,1-3H3,(H,19,24)(H,20,21). The van der Waals surface area contributed by atoms with Crippen LogP contribution in [-0.4, -0.2) is 65.6 Å². The van der Waals surface area contributed by atoms with Gasteiger partial charge in [-0.3, -0.25) is 0 Å². The number of H-pyrrole nitrogens is 1. The topological polar surface area (TPSA) is 64.3 Å². The van der Waals surface area contributed by atoms with Crippen LogP contribution in [0.4, 0.5) is 4.79 Å². The van der Waals surface area contributed by atoms with Crippen molar-refractivity contribution in [1.29, 1.82) is 0 Å². The minimum Gasteiger partial charge on any atom is -0.342 e. The zero-order valence-corrected chi connectivity index (χ0v) is 14.9. The molecule has 0 unspecified atom stereocenters. The van der Waals surface area contributed by atoms with Gasteiger partial charge in [0.1, 0.15) is 5.82 Å². The zero-order chi connectivity index (χ0) is 17.1. The molecule has 1 aromatic carbocycles. The SMILES string of the molecule is Cc1cc2nc(CCNC(=O)N3CCCN(C)CC3)[nH]c2cc1C. The summed E-state index contributed by atoms with van der Waals surface area (Å²) in [5, 5.41) is 3.02. The van der Waals surface area contributed by atoms with Gasteiger partial charge in [0.2, 0.25) is 0 Å². The number of hydrogen-bond donors (Lipinski definition) is 2. The van der Waals surface area contributed by atoms with Crippen LogP contribution in [0.3, 0.4) is 0 Å². The van der Waals surface area contributed by atoms with E-state index in [1.54, 1.807) is 0 Å². The van der Waals surface area contributed by atoms with E-state index in [0.29, 0.717) is 13.0 Å². The van der Waals surface area contributed by atoms with Gasteiger partial charge in [-0.2, -0.15) is 0 Å². The molecule has 2 aromatic rings. The van der Waals surface area contributed by atoms with Gasteiger partial charge >= 0.3 is 6.03 Å². The number of aryl methyl sites for hydroxylation is 2. The molecule has 1 fully saturated rings. The molecule has 24 heavy (non-hydrogen) atoms. The quantitative estimate of drug-likeness (QED) is 0.906. The molecule has 0 radical (unpaired) electrons. The average Bonchev–Trinajstić information content (AvgIpc) is 2.78. The summed E-state index contributed by atoms with van der Waals surface area (Å²) in [5.74, 6) is 0.922. The van der Waals surface area contributed by atoms with Gasteiger partial charge in [0.15, 0.2) is 0 Å². The molecule has 0 aliphatic carbocycles. The van der Waals surface area contributed by atoms with Gasteiger partial charge in [-0.1, -0.05) is 0 Å². The maximum absolute atomic E-state index is 12.3. The smallest absolute Gasteiger partial charge is 0.317 e. The highest BCUT2D eigenvalue weighted by molar-refractivity contribution is 5.77. The van der Waals surface area contributed by atoms with E-state index >= 15 is 0 Å². The van der Waals surface area contributed by atoms with Crippen molar-refractivity contribution in [2.45, 2.75) is 26.7 Å². The molecule has 1 aliphatic rings. The van der Waals surface area contributed by atoms with E-state index in [9.17, 15) is 4.79 Å². The Morgan fingerprint density at radius 1 is 1.21 bits per heavy atom. The predicted octanol–water partition coefficient (Wildman–Crippen LogP) is 2.07. The second kappa shape index (κ2) is 7.21. The Morgan fingerprint density at radius 2 is 2.00 bits per heavy atom. The van der Waals surface area contributed by atoms with E-state index in [1.807, 2.05) is 4.90 Å². The Balaban J connectivity index is 1.53. The normalized spacial score (nSPS) is 16.4. The van der Waals surface area contributed by atoms with Crippen LogP contribution < -0.4 is 5.32 Å². The fraction of sp³-hybridized carbons (Fsp3) is 0.556. The molecule has 0 spiro atoms. The van der Waals surface area contributed by atoms with E-state index in [1.165, 1.54) is 11.1 Å². The van der Waals surface area contributed by atoms with Crippen molar-refractivity contribution in [2.75, 3.05) is 39.8 Å². The van der Waals surface area contributed by atoms with Gasteiger partial charge in [-0.25, -0.2) is 9.78 Å². The molecule has 6 nitrogen and oxygen atoms in total. The van der Waals surface area contributed by atoms with Crippen LogP contribution in [0, 0.1) is 13.8 Å².